The van der Waals surface area contributed by atoms with Crippen LogP contribution in [0.1, 0.15) is 16.7 Å². The summed E-state index contributed by atoms with van der Waals surface area (Å²) >= 11 is 0. The molecule has 1 aliphatic heterocycles. The highest BCUT2D eigenvalue weighted by Crippen LogP contribution is 2.37. The van der Waals surface area contributed by atoms with Gasteiger partial charge >= 0.3 is 5.97 Å². The van der Waals surface area contributed by atoms with Crippen molar-refractivity contribution < 1.29 is 14.6 Å². The Morgan fingerprint density at radius 2 is 1.36 bits per heavy atom. The third-order valence-corrected chi connectivity index (χ3v) is 5.10. The van der Waals surface area contributed by atoms with Gasteiger partial charge in [0.05, 0.1) is 0 Å². The first-order valence-electron chi connectivity index (χ1n) is 9.43. The van der Waals surface area contributed by atoms with E-state index in [0.717, 1.165) is 16.7 Å². The minimum atomic E-state index is -1.67. The fraction of sp³-hybridized carbons (Fsp3) is 0.160. The van der Waals surface area contributed by atoms with Crippen LogP contribution in [-0.2, 0) is 22.4 Å². The van der Waals surface area contributed by atoms with E-state index in [1.807, 2.05) is 97.1 Å². The molecule has 3 aromatic rings. The minimum Gasteiger partial charge on any atom is -0.455 e. The van der Waals surface area contributed by atoms with E-state index in [-0.39, 0.29) is 6.42 Å². The van der Waals surface area contributed by atoms with Gasteiger partial charge in [-0.3, -0.25) is 0 Å². The summed E-state index contributed by atoms with van der Waals surface area (Å²) in [5.41, 5.74) is 1.82. The number of aliphatic hydroxyl groups is 1. The number of ether oxygens (including phenoxy) is 1. The number of hydrogen-bond acceptors (Lipinski definition) is 3. The molecule has 3 nitrogen and oxygen atoms in total. The van der Waals surface area contributed by atoms with Crippen LogP contribution in [0.5, 0.6) is 0 Å². The first-order chi connectivity index (χ1) is 13.6. The molecular weight excluding hydrogens is 348 g/mol. The summed E-state index contributed by atoms with van der Waals surface area (Å²) in [5, 5.41) is 11.4. The number of hydrogen-bond donors (Lipinski definition) is 1. The molecule has 0 radical (unpaired) electrons. The van der Waals surface area contributed by atoms with E-state index in [4.69, 9.17) is 4.74 Å². The molecule has 0 saturated carbocycles. The predicted octanol–water partition coefficient (Wildman–Crippen LogP) is 4.21. The van der Waals surface area contributed by atoms with Gasteiger partial charge in [0.2, 0.25) is 0 Å². The van der Waals surface area contributed by atoms with Crippen molar-refractivity contribution in [3.8, 4) is 0 Å². The average Bonchev–Trinajstić information content (AvgIpc) is 2.94. The predicted molar refractivity (Wildman–Crippen MR) is 110 cm³/mol. The van der Waals surface area contributed by atoms with Crippen molar-refractivity contribution in [2.45, 2.75) is 24.5 Å². The summed E-state index contributed by atoms with van der Waals surface area (Å²) in [6, 6.07) is 29.2. The molecule has 1 N–H and O–H groups in total. The highest BCUT2D eigenvalue weighted by molar-refractivity contribution is 5.90. The fourth-order valence-corrected chi connectivity index (χ4v) is 3.66. The lowest BCUT2D eigenvalue weighted by Crippen LogP contribution is -2.38. The maximum absolute atomic E-state index is 12.8. The molecule has 4 rings (SSSR count). The summed E-state index contributed by atoms with van der Waals surface area (Å²) in [4.78, 5) is 12.8. The van der Waals surface area contributed by atoms with Crippen molar-refractivity contribution in [2.24, 2.45) is 0 Å². The molecule has 28 heavy (non-hydrogen) atoms. The zero-order chi connectivity index (χ0) is 19.4. The van der Waals surface area contributed by atoms with Crippen molar-refractivity contribution in [3.05, 3.63) is 113 Å². The van der Waals surface area contributed by atoms with E-state index in [2.05, 4.69) is 0 Å². The first-order valence-corrected chi connectivity index (χ1v) is 9.43. The van der Waals surface area contributed by atoms with Gasteiger partial charge in [-0.25, -0.2) is 4.79 Å². The Balaban J connectivity index is 1.73. The number of benzene rings is 3. The lowest BCUT2D eigenvalue weighted by Gasteiger charge is -2.22. The molecule has 2 atom stereocenters. The van der Waals surface area contributed by atoms with Crippen LogP contribution >= 0.6 is 0 Å². The number of carbonyl (C=O) groups excluding carboxylic acids is 1. The molecule has 2 unspecified atom stereocenters. The van der Waals surface area contributed by atoms with E-state index < -0.39 is 17.7 Å². The highest BCUT2D eigenvalue weighted by atomic mass is 16.6. The molecule has 1 heterocycles. The third kappa shape index (κ3) is 3.75. The summed E-state index contributed by atoms with van der Waals surface area (Å²) in [5.74, 6) is -0.584. The van der Waals surface area contributed by atoms with Crippen LogP contribution < -0.4 is 0 Å². The molecular formula is C25H22O3. The Labute approximate surface area is 164 Å². The Morgan fingerprint density at radius 3 is 1.96 bits per heavy atom. The molecule has 0 aromatic heterocycles. The maximum Gasteiger partial charge on any atom is 0.343 e. The van der Waals surface area contributed by atoms with Gasteiger partial charge in [0.1, 0.15) is 6.10 Å². The van der Waals surface area contributed by atoms with E-state index in [0.29, 0.717) is 12.0 Å². The van der Waals surface area contributed by atoms with Crippen LogP contribution in [0.25, 0.3) is 6.08 Å². The maximum atomic E-state index is 12.8. The second-order valence-corrected chi connectivity index (χ2v) is 7.12. The van der Waals surface area contributed by atoms with Gasteiger partial charge in [-0.1, -0.05) is 91.0 Å². The van der Waals surface area contributed by atoms with Crippen molar-refractivity contribution in [1.29, 1.82) is 0 Å². The van der Waals surface area contributed by atoms with Crippen LogP contribution in [0.4, 0.5) is 0 Å². The second kappa shape index (κ2) is 7.83. The smallest absolute Gasteiger partial charge is 0.343 e. The van der Waals surface area contributed by atoms with Crippen molar-refractivity contribution in [2.75, 3.05) is 0 Å². The van der Waals surface area contributed by atoms with E-state index in [1.54, 1.807) is 0 Å². The standard InChI is InChI=1S/C25H22O3/c26-24-25(27,18-21-14-8-3-9-15-21)22(16-19-10-4-1-5-11-19)23(28-24)17-20-12-6-2-7-13-20/h1-16,23,27H,17-18H2/b22-16-. The SMILES string of the molecule is O=C1OC(Cc2ccccc2)/C(=C/c2ccccc2)C1(O)Cc1ccccc1. The first kappa shape index (κ1) is 18.2. The van der Waals surface area contributed by atoms with Gasteiger partial charge in [0.25, 0.3) is 0 Å². The molecule has 3 aromatic carbocycles. The van der Waals surface area contributed by atoms with Crippen molar-refractivity contribution >= 4 is 12.0 Å². The van der Waals surface area contributed by atoms with Gasteiger partial charge in [-0.2, -0.15) is 0 Å². The molecule has 0 bridgehead atoms. The zero-order valence-corrected chi connectivity index (χ0v) is 15.5. The molecule has 0 aliphatic carbocycles. The Kier molecular flexibility index (Phi) is 5.09. The molecule has 1 fully saturated rings. The molecule has 1 saturated heterocycles. The van der Waals surface area contributed by atoms with Crippen LogP contribution in [0.2, 0.25) is 0 Å². The lowest BCUT2D eigenvalue weighted by atomic mass is 9.84. The summed E-state index contributed by atoms with van der Waals surface area (Å²) in [7, 11) is 0. The molecule has 1 aliphatic rings. The van der Waals surface area contributed by atoms with Crippen LogP contribution in [0.15, 0.2) is 96.6 Å². The molecule has 140 valence electrons. The Morgan fingerprint density at radius 1 is 0.821 bits per heavy atom. The van der Waals surface area contributed by atoms with Crippen LogP contribution in [-0.4, -0.2) is 22.8 Å². The minimum absolute atomic E-state index is 0.191. The average molecular weight is 370 g/mol. The number of esters is 1. The van der Waals surface area contributed by atoms with Gasteiger partial charge in [0.15, 0.2) is 5.60 Å². The molecule has 0 spiro atoms. The molecule has 3 heteroatoms. The van der Waals surface area contributed by atoms with Crippen molar-refractivity contribution in [1.82, 2.24) is 0 Å². The number of cyclic esters (lactones) is 1. The molecule has 0 amide bonds. The van der Waals surface area contributed by atoms with Gasteiger partial charge in [-0.05, 0) is 22.8 Å². The topological polar surface area (TPSA) is 46.5 Å². The van der Waals surface area contributed by atoms with Crippen LogP contribution in [0.3, 0.4) is 0 Å². The quantitative estimate of drug-likeness (QED) is 0.685. The van der Waals surface area contributed by atoms with Gasteiger partial charge in [-0.15, -0.1) is 0 Å². The van der Waals surface area contributed by atoms with Crippen LogP contribution in [0, 0.1) is 0 Å². The number of rotatable bonds is 5. The monoisotopic (exact) mass is 370 g/mol. The lowest BCUT2D eigenvalue weighted by molar-refractivity contribution is -0.154. The second-order valence-electron chi connectivity index (χ2n) is 7.12. The normalized spacial score (nSPS) is 23.0. The summed E-state index contributed by atoms with van der Waals surface area (Å²) in [6.07, 6.45) is 2.12. The van der Waals surface area contributed by atoms with E-state index in [1.165, 1.54) is 0 Å². The largest absolute Gasteiger partial charge is 0.455 e. The van der Waals surface area contributed by atoms with E-state index >= 15 is 0 Å². The van der Waals surface area contributed by atoms with Gasteiger partial charge in [0, 0.05) is 18.4 Å². The fourth-order valence-electron chi connectivity index (χ4n) is 3.66. The van der Waals surface area contributed by atoms with E-state index in [9.17, 15) is 9.90 Å². The summed E-state index contributed by atoms with van der Waals surface area (Å²) in [6.45, 7) is 0. The number of carbonyl (C=O) groups is 1. The third-order valence-electron chi connectivity index (χ3n) is 5.10. The Bertz CT molecular complexity index is 964. The highest BCUT2D eigenvalue weighted by Gasteiger charge is 2.52. The zero-order valence-electron chi connectivity index (χ0n) is 15.5. The van der Waals surface area contributed by atoms with Gasteiger partial charge < -0.3 is 9.84 Å². The Hall–Kier alpha value is -3.17. The van der Waals surface area contributed by atoms with Crippen molar-refractivity contribution in [3.63, 3.8) is 0 Å². The summed E-state index contributed by atoms with van der Waals surface area (Å²) < 4.78 is 5.68.